The van der Waals surface area contributed by atoms with E-state index < -0.39 is 0 Å². The number of nitrogens with one attached hydrogen (secondary N) is 2. The van der Waals surface area contributed by atoms with E-state index in [1.807, 2.05) is 31.2 Å². The molecule has 0 fully saturated rings. The average Bonchev–Trinajstić information content (AvgIpc) is 2.49. The minimum atomic E-state index is -0.189. The molecule has 20 heavy (non-hydrogen) atoms. The molecule has 0 spiro atoms. The number of carbonyl (C=O) groups is 2. The summed E-state index contributed by atoms with van der Waals surface area (Å²) in [7, 11) is 1.61. The highest BCUT2D eigenvalue weighted by Crippen LogP contribution is 2.10. The highest BCUT2D eigenvalue weighted by atomic mass is 16.5. The van der Waals surface area contributed by atoms with Gasteiger partial charge in [0.1, 0.15) is 5.75 Å². The van der Waals surface area contributed by atoms with E-state index in [1.54, 1.807) is 7.11 Å². The third kappa shape index (κ3) is 6.22. The van der Waals surface area contributed by atoms with Crippen LogP contribution in [0.5, 0.6) is 5.75 Å². The van der Waals surface area contributed by atoms with E-state index in [9.17, 15) is 9.59 Å². The summed E-state index contributed by atoms with van der Waals surface area (Å²) in [6.45, 7) is 2.49. The number of hydrogen-bond donors (Lipinski definition) is 2. The van der Waals surface area contributed by atoms with Gasteiger partial charge in [0.2, 0.25) is 11.8 Å². The van der Waals surface area contributed by atoms with Crippen LogP contribution in [0.15, 0.2) is 24.3 Å². The first-order valence-corrected chi connectivity index (χ1v) is 6.82. The molecule has 1 aromatic rings. The maximum Gasteiger partial charge on any atom is 0.239 e. The van der Waals surface area contributed by atoms with Gasteiger partial charge in [0.25, 0.3) is 0 Å². The van der Waals surface area contributed by atoms with Crippen LogP contribution in [-0.2, 0) is 16.1 Å². The van der Waals surface area contributed by atoms with Gasteiger partial charge in [-0.05, 0) is 24.1 Å². The van der Waals surface area contributed by atoms with Gasteiger partial charge in [-0.2, -0.15) is 0 Å². The third-order valence-corrected chi connectivity index (χ3v) is 2.85. The maximum absolute atomic E-state index is 11.6. The van der Waals surface area contributed by atoms with Crippen LogP contribution in [0.4, 0.5) is 0 Å². The molecule has 0 unspecified atom stereocenters. The molecule has 1 rings (SSSR count). The molecule has 0 aromatic heterocycles. The van der Waals surface area contributed by atoms with Crippen molar-refractivity contribution in [2.45, 2.75) is 32.7 Å². The lowest BCUT2D eigenvalue weighted by Crippen LogP contribution is -2.36. The Kier molecular flexibility index (Phi) is 7.17. The van der Waals surface area contributed by atoms with Gasteiger partial charge < -0.3 is 15.4 Å². The van der Waals surface area contributed by atoms with Crippen molar-refractivity contribution < 1.29 is 14.3 Å². The summed E-state index contributed by atoms with van der Waals surface area (Å²) in [5, 5.41) is 5.35. The lowest BCUT2D eigenvalue weighted by Gasteiger charge is -2.07. The normalized spacial score (nSPS) is 9.90. The predicted molar refractivity (Wildman–Crippen MR) is 77.4 cm³/mol. The molecule has 0 bridgehead atoms. The van der Waals surface area contributed by atoms with Crippen molar-refractivity contribution in [1.82, 2.24) is 10.6 Å². The van der Waals surface area contributed by atoms with Crippen molar-refractivity contribution in [3.63, 3.8) is 0 Å². The number of carbonyl (C=O) groups excluding carboxylic acids is 2. The van der Waals surface area contributed by atoms with E-state index in [0.29, 0.717) is 13.0 Å². The molecule has 0 saturated heterocycles. The Hall–Kier alpha value is -2.04. The number of methoxy groups -OCH3 is 1. The Morgan fingerprint density at radius 1 is 1.10 bits per heavy atom. The number of amides is 2. The van der Waals surface area contributed by atoms with Crippen LogP contribution in [0.2, 0.25) is 0 Å². The van der Waals surface area contributed by atoms with Crippen molar-refractivity contribution in [1.29, 1.82) is 0 Å². The highest BCUT2D eigenvalue weighted by Gasteiger charge is 2.04. The fourth-order valence-electron chi connectivity index (χ4n) is 1.61. The number of rotatable bonds is 8. The minimum absolute atomic E-state index is 0.0265. The molecule has 0 saturated carbocycles. The standard InChI is InChI=1S/C15H22N2O3/c1-3-4-5-14(18)17-11-15(19)16-10-12-6-8-13(20-2)9-7-12/h6-9H,3-5,10-11H2,1-2H3,(H,16,19)(H,17,18). The van der Waals surface area contributed by atoms with Crippen molar-refractivity contribution in [3.05, 3.63) is 29.8 Å². The van der Waals surface area contributed by atoms with Crippen molar-refractivity contribution >= 4 is 11.8 Å². The van der Waals surface area contributed by atoms with Gasteiger partial charge in [-0.1, -0.05) is 25.5 Å². The lowest BCUT2D eigenvalue weighted by molar-refractivity contribution is -0.126. The summed E-state index contributed by atoms with van der Waals surface area (Å²) in [5.41, 5.74) is 0.983. The van der Waals surface area contributed by atoms with E-state index in [2.05, 4.69) is 10.6 Å². The second-order valence-electron chi connectivity index (χ2n) is 4.51. The Labute approximate surface area is 119 Å². The first-order valence-electron chi connectivity index (χ1n) is 6.82. The molecular formula is C15H22N2O3. The summed E-state index contributed by atoms with van der Waals surface area (Å²) < 4.78 is 5.06. The van der Waals surface area contributed by atoms with Crippen LogP contribution < -0.4 is 15.4 Å². The maximum atomic E-state index is 11.6. The van der Waals surface area contributed by atoms with Gasteiger partial charge in [0.15, 0.2) is 0 Å². The Bertz CT molecular complexity index is 429. The van der Waals surface area contributed by atoms with Crippen LogP contribution in [0.3, 0.4) is 0 Å². The molecule has 0 heterocycles. The largest absolute Gasteiger partial charge is 0.497 e. The average molecular weight is 278 g/mol. The lowest BCUT2D eigenvalue weighted by atomic mass is 10.2. The van der Waals surface area contributed by atoms with E-state index in [0.717, 1.165) is 24.2 Å². The van der Waals surface area contributed by atoms with Crippen molar-refractivity contribution in [2.75, 3.05) is 13.7 Å². The molecule has 2 N–H and O–H groups in total. The number of ether oxygens (including phenoxy) is 1. The zero-order chi connectivity index (χ0) is 14.8. The summed E-state index contributed by atoms with van der Waals surface area (Å²) >= 11 is 0. The van der Waals surface area contributed by atoms with Gasteiger partial charge in [0.05, 0.1) is 13.7 Å². The SMILES string of the molecule is CCCCC(=O)NCC(=O)NCc1ccc(OC)cc1. The monoisotopic (exact) mass is 278 g/mol. The third-order valence-electron chi connectivity index (χ3n) is 2.85. The molecule has 1 aromatic carbocycles. The molecule has 110 valence electrons. The summed E-state index contributed by atoms with van der Waals surface area (Å²) in [4.78, 5) is 22.9. The van der Waals surface area contributed by atoms with Crippen LogP contribution >= 0.6 is 0 Å². The van der Waals surface area contributed by atoms with Gasteiger partial charge in [0, 0.05) is 13.0 Å². The minimum Gasteiger partial charge on any atom is -0.497 e. The number of unbranched alkanes of at least 4 members (excludes halogenated alkanes) is 1. The van der Waals surface area contributed by atoms with Crippen LogP contribution in [0, 0.1) is 0 Å². The van der Waals surface area contributed by atoms with Crippen LogP contribution in [0.25, 0.3) is 0 Å². The Morgan fingerprint density at radius 3 is 2.40 bits per heavy atom. The molecule has 0 aliphatic carbocycles. The predicted octanol–water partition coefficient (Wildman–Crippen LogP) is 1.62. The number of hydrogen-bond acceptors (Lipinski definition) is 3. The summed E-state index contributed by atoms with van der Waals surface area (Å²) in [6.07, 6.45) is 2.29. The highest BCUT2D eigenvalue weighted by molar-refractivity contribution is 5.84. The summed E-state index contributed by atoms with van der Waals surface area (Å²) in [6, 6.07) is 7.46. The first-order chi connectivity index (χ1) is 9.65. The van der Waals surface area contributed by atoms with Crippen LogP contribution in [-0.4, -0.2) is 25.5 Å². The molecule has 0 atom stereocenters. The molecular weight excluding hydrogens is 256 g/mol. The van der Waals surface area contributed by atoms with Crippen molar-refractivity contribution in [2.24, 2.45) is 0 Å². The quantitative estimate of drug-likeness (QED) is 0.759. The van der Waals surface area contributed by atoms with Gasteiger partial charge >= 0.3 is 0 Å². The number of benzene rings is 1. The molecule has 0 aliphatic heterocycles. The molecule has 5 nitrogen and oxygen atoms in total. The van der Waals surface area contributed by atoms with Gasteiger partial charge in [-0.3, -0.25) is 9.59 Å². The smallest absolute Gasteiger partial charge is 0.239 e. The zero-order valence-corrected chi connectivity index (χ0v) is 12.1. The van der Waals surface area contributed by atoms with Gasteiger partial charge in [-0.15, -0.1) is 0 Å². The molecule has 0 radical (unpaired) electrons. The zero-order valence-electron chi connectivity index (χ0n) is 12.1. The van der Waals surface area contributed by atoms with E-state index in [1.165, 1.54) is 0 Å². The molecule has 0 aliphatic rings. The van der Waals surface area contributed by atoms with Crippen molar-refractivity contribution in [3.8, 4) is 5.75 Å². The molecule has 2 amide bonds. The fraction of sp³-hybridized carbons (Fsp3) is 0.467. The second-order valence-corrected chi connectivity index (χ2v) is 4.51. The Balaban J connectivity index is 2.23. The summed E-state index contributed by atoms with van der Waals surface area (Å²) in [5.74, 6) is 0.514. The van der Waals surface area contributed by atoms with Gasteiger partial charge in [-0.25, -0.2) is 0 Å². The van der Waals surface area contributed by atoms with E-state index in [4.69, 9.17) is 4.74 Å². The molecule has 5 heteroatoms. The Morgan fingerprint density at radius 2 is 1.80 bits per heavy atom. The van der Waals surface area contributed by atoms with E-state index >= 15 is 0 Å². The topological polar surface area (TPSA) is 67.4 Å². The second kappa shape index (κ2) is 8.96. The fourth-order valence-corrected chi connectivity index (χ4v) is 1.61. The van der Waals surface area contributed by atoms with Crippen LogP contribution in [0.1, 0.15) is 31.7 Å². The van der Waals surface area contributed by atoms with E-state index in [-0.39, 0.29) is 18.4 Å². The first kappa shape index (κ1) is 16.0.